The average Bonchev–Trinajstić information content (AvgIpc) is 2.41. The first-order chi connectivity index (χ1) is 9.33. The van der Waals surface area contributed by atoms with Crippen LogP contribution in [0.15, 0.2) is 42.5 Å². The van der Waals surface area contributed by atoms with Crippen LogP contribution in [0.4, 0.5) is 0 Å². The maximum Gasteiger partial charge on any atom is 0.264 e. The van der Waals surface area contributed by atoms with Gasteiger partial charge in [-0.05, 0) is 12.0 Å². The van der Waals surface area contributed by atoms with Crippen molar-refractivity contribution in [1.29, 1.82) is 0 Å². The predicted octanol–water partition coefficient (Wildman–Crippen LogP) is 1.61. The quantitative estimate of drug-likeness (QED) is 0.613. The number of hydrogen-bond donors (Lipinski definition) is 1. The first-order valence-electron chi connectivity index (χ1n) is 6.22. The van der Waals surface area contributed by atoms with Crippen LogP contribution < -0.4 is 5.32 Å². The van der Waals surface area contributed by atoms with E-state index >= 15 is 0 Å². The lowest BCUT2D eigenvalue weighted by atomic mass is 10.1. The minimum atomic E-state index is -3.62. The molecule has 0 aromatic heterocycles. The lowest BCUT2D eigenvalue weighted by Crippen LogP contribution is -2.31. The van der Waals surface area contributed by atoms with E-state index in [0.29, 0.717) is 13.0 Å². The molecule has 5 nitrogen and oxygen atoms in total. The smallest absolute Gasteiger partial charge is 0.264 e. The van der Waals surface area contributed by atoms with Crippen molar-refractivity contribution in [1.82, 2.24) is 5.32 Å². The summed E-state index contributed by atoms with van der Waals surface area (Å²) in [5.41, 5.74) is 1.06. The Morgan fingerprint density at radius 1 is 1.35 bits per heavy atom. The van der Waals surface area contributed by atoms with Gasteiger partial charge in [-0.2, -0.15) is 8.42 Å². The highest BCUT2D eigenvalue weighted by Gasteiger charge is 2.21. The van der Waals surface area contributed by atoms with Gasteiger partial charge in [-0.15, -0.1) is 0 Å². The normalized spacial score (nSPS) is 12.7. The molecule has 0 bridgehead atoms. The van der Waals surface area contributed by atoms with Crippen LogP contribution in [0, 0.1) is 0 Å². The number of rotatable bonds is 7. The molecule has 0 saturated carbocycles. The number of nitrogens with one attached hydrogen (secondary N) is 1. The van der Waals surface area contributed by atoms with Crippen LogP contribution in [-0.2, 0) is 25.6 Å². The first kappa shape index (κ1) is 16.4. The number of benzene rings is 1. The van der Waals surface area contributed by atoms with E-state index < -0.39 is 22.1 Å². The first-order valence-corrected chi connectivity index (χ1v) is 8.04. The highest BCUT2D eigenvalue weighted by Crippen LogP contribution is 2.12. The van der Waals surface area contributed by atoms with Crippen molar-refractivity contribution in [2.75, 3.05) is 6.26 Å². The van der Waals surface area contributed by atoms with Crippen molar-refractivity contribution in [2.24, 2.45) is 0 Å². The summed E-state index contributed by atoms with van der Waals surface area (Å²) in [6.07, 6.45) is 0.468. The minimum absolute atomic E-state index is 0.105. The summed E-state index contributed by atoms with van der Waals surface area (Å²) >= 11 is 0. The highest BCUT2D eigenvalue weighted by molar-refractivity contribution is 7.86. The molecule has 0 saturated heterocycles. The van der Waals surface area contributed by atoms with E-state index in [1.165, 1.54) is 0 Å². The largest absolute Gasteiger partial charge is 0.348 e. The predicted molar refractivity (Wildman–Crippen MR) is 77.4 cm³/mol. The van der Waals surface area contributed by atoms with Gasteiger partial charge in [0.25, 0.3) is 10.1 Å². The molecule has 0 unspecified atom stereocenters. The molecule has 0 spiro atoms. The Kier molecular flexibility index (Phi) is 5.91. The summed E-state index contributed by atoms with van der Waals surface area (Å²) in [7, 11) is -3.62. The minimum Gasteiger partial charge on any atom is -0.348 e. The SMILES string of the molecule is C=C(C(=O)NCc1ccccc1)[C@H](CC)OS(C)(=O)=O. The molecular formula is C14H19NO4S. The third kappa shape index (κ3) is 5.54. The fourth-order valence-corrected chi connectivity index (χ4v) is 2.30. The number of carbonyl (C=O) groups is 1. The maximum absolute atomic E-state index is 11.9. The Morgan fingerprint density at radius 2 is 1.95 bits per heavy atom. The molecule has 0 fully saturated rings. The summed E-state index contributed by atoms with van der Waals surface area (Å²) < 4.78 is 27.1. The lowest BCUT2D eigenvalue weighted by Gasteiger charge is -2.16. The fraction of sp³-hybridized carbons (Fsp3) is 0.357. The molecule has 110 valence electrons. The summed E-state index contributed by atoms with van der Waals surface area (Å²) in [5, 5.41) is 2.69. The van der Waals surface area contributed by atoms with Gasteiger partial charge < -0.3 is 5.32 Å². The van der Waals surface area contributed by atoms with Gasteiger partial charge in [0, 0.05) is 12.1 Å². The molecule has 0 heterocycles. The number of amides is 1. The highest BCUT2D eigenvalue weighted by atomic mass is 32.2. The van der Waals surface area contributed by atoms with Gasteiger partial charge in [0.2, 0.25) is 5.91 Å². The molecule has 1 aromatic rings. The molecule has 1 aromatic carbocycles. The van der Waals surface area contributed by atoms with Crippen molar-refractivity contribution >= 4 is 16.0 Å². The Bertz CT molecular complexity index is 566. The molecule has 1 N–H and O–H groups in total. The third-order valence-corrected chi connectivity index (χ3v) is 3.22. The molecule has 1 atom stereocenters. The van der Waals surface area contributed by atoms with Gasteiger partial charge in [-0.25, -0.2) is 0 Å². The topological polar surface area (TPSA) is 72.5 Å². The van der Waals surface area contributed by atoms with Gasteiger partial charge in [-0.1, -0.05) is 43.8 Å². The molecule has 0 radical (unpaired) electrons. The van der Waals surface area contributed by atoms with Gasteiger partial charge in [0.05, 0.1) is 6.26 Å². The van der Waals surface area contributed by atoms with E-state index in [9.17, 15) is 13.2 Å². The van der Waals surface area contributed by atoms with Crippen molar-refractivity contribution < 1.29 is 17.4 Å². The lowest BCUT2D eigenvalue weighted by molar-refractivity contribution is -0.118. The molecule has 0 aliphatic heterocycles. The molecule has 0 aliphatic carbocycles. The zero-order valence-electron chi connectivity index (χ0n) is 11.6. The van der Waals surface area contributed by atoms with Crippen LogP contribution in [0.25, 0.3) is 0 Å². The Morgan fingerprint density at radius 3 is 2.45 bits per heavy atom. The zero-order valence-corrected chi connectivity index (χ0v) is 12.4. The van der Waals surface area contributed by atoms with Crippen molar-refractivity contribution in [3.63, 3.8) is 0 Å². The number of hydrogen-bond acceptors (Lipinski definition) is 4. The molecule has 0 aliphatic rings. The summed E-state index contributed by atoms with van der Waals surface area (Å²) in [4.78, 5) is 11.9. The second kappa shape index (κ2) is 7.21. The number of carbonyl (C=O) groups excluding carboxylic acids is 1. The molecule has 6 heteroatoms. The molecule has 1 amide bonds. The van der Waals surface area contributed by atoms with E-state index in [1.807, 2.05) is 30.3 Å². The summed E-state index contributed by atoms with van der Waals surface area (Å²) in [5.74, 6) is -0.413. The van der Waals surface area contributed by atoms with Gasteiger partial charge in [0.15, 0.2) is 0 Å². The van der Waals surface area contributed by atoms with Crippen LogP contribution in [-0.4, -0.2) is 26.7 Å². The maximum atomic E-state index is 11.9. The van der Waals surface area contributed by atoms with E-state index in [2.05, 4.69) is 11.9 Å². The average molecular weight is 297 g/mol. The van der Waals surface area contributed by atoms with Gasteiger partial charge in [0.1, 0.15) is 6.10 Å². The summed E-state index contributed by atoms with van der Waals surface area (Å²) in [6, 6.07) is 9.40. The third-order valence-electron chi connectivity index (χ3n) is 2.64. The Hall–Kier alpha value is -1.66. The Balaban J connectivity index is 2.59. The van der Waals surface area contributed by atoms with Crippen LogP contribution in [0.5, 0.6) is 0 Å². The second-order valence-electron chi connectivity index (χ2n) is 4.39. The van der Waals surface area contributed by atoms with E-state index in [4.69, 9.17) is 4.18 Å². The Labute approximate surface area is 119 Å². The van der Waals surface area contributed by atoms with Crippen LogP contribution in [0.2, 0.25) is 0 Å². The van der Waals surface area contributed by atoms with E-state index in [-0.39, 0.29) is 5.57 Å². The fourth-order valence-electron chi connectivity index (χ4n) is 1.62. The van der Waals surface area contributed by atoms with Crippen LogP contribution in [0.3, 0.4) is 0 Å². The van der Waals surface area contributed by atoms with Gasteiger partial charge >= 0.3 is 0 Å². The zero-order chi connectivity index (χ0) is 15.2. The van der Waals surface area contributed by atoms with Crippen molar-refractivity contribution in [3.05, 3.63) is 48.0 Å². The monoisotopic (exact) mass is 297 g/mol. The standard InChI is InChI=1S/C14H19NO4S/c1-4-13(19-20(3,17)18)11(2)14(16)15-10-12-8-6-5-7-9-12/h5-9,13H,2,4,10H2,1,3H3,(H,15,16)/t13-/m0/s1. The summed E-state index contributed by atoms with van der Waals surface area (Å²) in [6.45, 7) is 5.70. The van der Waals surface area contributed by atoms with E-state index in [1.54, 1.807) is 6.92 Å². The molecular weight excluding hydrogens is 278 g/mol. The van der Waals surface area contributed by atoms with Crippen molar-refractivity contribution in [3.8, 4) is 0 Å². The van der Waals surface area contributed by atoms with Gasteiger partial charge in [-0.3, -0.25) is 8.98 Å². The molecule has 1 rings (SSSR count). The van der Waals surface area contributed by atoms with Crippen molar-refractivity contribution in [2.45, 2.75) is 26.0 Å². The van der Waals surface area contributed by atoms with Crippen LogP contribution >= 0.6 is 0 Å². The van der Waals surface area contributed by atoms with Crippen LogP contribution in [0.1, 0.15) is 18.9 Å². The van der Waals surface area contributed by atoms with E-state index in [0.717, 1.165) is 11.8 Å². The molecule has 20 heavy (non-hydrogen) atoms. The second-order valence-corrected chi connectivity index (χ2v) is 5.99.